The Hall–Kier alpha value is -2.14. The number of rotatable bonds is 6. The van der Waals surface area contributed by atoms with E-state index in [2.05, 4.69) is 5.32 Å². The van der Waals surface area contributed by atoms with E-state index in [1.807, 2.05) is 6.92 Å². The number of hydrogen-bond acceptors (Lipinski definition) is 3. The molecule has 0 saturated heterocycles. The van der Waals surface area contributed by atoms with E-state index in [0.717, 1.165) is 31.2 Å². The van der Waals surface area contributed by atoms with Crippen LogP contribution < -0.4 is 5.32 Å². The SMILES string of the molecule is CC(CC(O)c1ccco1)NC(=O)C1(c2ccc(F)cc2)CCCC1. The molecule has 1 heterocycles. The van der Waals surface area contributed by atoms with Gasteiger partial charge >= 0.3 is 0 Å². The zero-order valence-corrected chi connectivity index (χ0v) is 14.4. The fourth-order valence-corrected chi connectivity index (χ4v) is 3.75. The maximum atomic E-state index is 13.3. The molecule has 0 spiro atoms. The van der Waals surface area contributed by atoms with Gasteiger partial charge in [-0.15, -0.1) is 0 Å². The lowest BCUT2D eigenvalue weighted by Crippen LogP contribution is -2.46. The van der Waals surface area contributed by atoms with Gasteiger partial charge in [0.05, 0.1) is 11.7 Å². The van der Waals surface area contributed by atoms with Crippen LogP contribution in [0.4, 0.5) is 4.39 Å². The lowest BCUT2D eigenvalue weighted by molar-refractivity contribution is -0.127. The number of nitrogens with one attached hydrogen (secondary N) is 1. The molecular formula is C20H24FNO3. The highest BCUT2D eigenvalue weighted by atomic mass is 19.1. The van der Waals surface area contributed by atoms with Crippen molar-refractivity contribution in [2.75, 3.05) is 0 Å². The highest BCUT2D eigenvalue weighted by molar-refractivity contribution is 5.88. The van der Waals surface area contributed by atoms with E-state index >= 15 is 0 Å². The molecule has 0 aliphatic heterocycles. The molecule has 0 radical (unpaired) electrons. The van der Waals surface area contributed by atoms with E-state index in [1.165, 1.54) is 18.4 Å². The number of hydrogen-bond donors (Lipinski definition) is 2. The third-order valence-corrected chi connectivity index (χ3v) is 5.11. The summed E-state index contributed by atoms with van der Waals surface area (Å²) in [4.78, 5) is 13.0. The average Bonchev–Trinajstić information content (AvgIpc) is 3.28. The normalized spacial score (nSPS) is 18.7. The van der Waals surface area contributed by atoms with Gasteiger partial charge < -0.3 is 14.8 Å². The Morgan fingerprint density at radius 2 is 1.96 bits per heavy atom. The van der Waals surface area contributed by atoms with Crippen LogP contribution in [0.5, 0.6) is 0 Å². The monoisotopic (exact) mass is 345 g/mol. The molecule has 2 aromatic rings. The van der Waals surface area contributed by atoms with Gasteiger partial charge in [0.15, 0.2) is 0 Å². The molecule has 1 aromatic heterocycles. The zero-order valence-electron chi connectivity index (χ0n) is 14.4. The van der Waals surface area contributed by atoms with E-state index in [0.29, 0.717) is 12.2 Å². The van der Waals surface area contributed by atoms with Crippen LogP contribution in [-0.4, -0.2) is 17.1 Å². The van der Waals surface area contributed by atoms with Crippen LogP contribution in [0.2, 0.25) is 0 Å². The van der Waals surface area contributed by atoms with Gasteiger partial charge in [-0.05, 0) is 49.6 Å². The van der Waals surface area contributed by atoms with E-state index in [1.54, 1.807) is 24.3 Å². The predicted molar refractivity (Wildman–Crippen MR) is 92.4 cm³/mol. The summed E-state index contributed by atoms with van der Waals surface area (Å²) < 4.78 is 18.5. The van der Waals surface area contributed by atoms with Crippen molar-refractivity contribution in [2.45, 2.75) is 56.6 Å². The Balaban J connectivity index is 1.70. The van der Waals surface area contributed by atoms with Crippen molar-refractivity contribution in [3.8, 4) is 0 Å². The minimum atomic E-state index is -0.754. The van der Waals surface area contributed by atoms with Crippen LogP contribution in [0.3, 0.4) is 0 Å². The number of carbonyl (C=O) groups excluding carboxylic acids is 1. The Bertz CT molecular complexity index is 690. The van der Waals surface area contributed by atoms with Gasteiger partial charge in [0.1, 0.15) is 17.7 Å². The van der Waals surface area contributed by atoms with Crippen molar-refractivity contribution in [3.05, 3.63) is 59.8 Å². The Labute approximate surface area is 147 Å². The first-order chi connectivity index (χ1) is 12.0. The summed E-state index contributed by atoms with van der Waals surface area (Å²) in [7, 11) is 0. The largest absolute Gasteiger partial charge is 0.467 e. The Morgan fingerprint density at radius 1 is 1.28 bits per heavy atom. The summed E-state index contributed by atoms with van der Waals surface area (Å²) in [5.41, 5.74) is 0.264. The standard InChI is InChI=1S/C20H24FNO3/c1-14(13-17(23)18-5-4-12-25-18)22-19(24)20(10-2-3-11-20)15-6-8-16(21)9-7-15/h4-9,12,14,17,23H,2-3,10-11,13H2,1H3,(H,22,24). The van der Waals surface area contributed by atoms with Gasteiger partial charge in [-0.1, -0.05) is 25.0 Å². The molecule has 3 rings (SSSR count). The molecule has 1 amide bonds. The zero-order chi connectivity index (χ0) is 17.9. The highest BCUT2D eigenvalue weighted by Crippen LogP contribution is 2.41. The summed E-state index contributed by atoms with van der Waals surface area (Å²) in [5.74, 6) is 0.151. The average molecular weight is 345 g/mol. The molecule has 1 aliphatic carbocycles. The maximum Gasteiger partial charge on any atom is 0.230 e. The fraction of sp³-hybridized carbons (Fsp3) is 0.450. The summed E-state index contributed by atoms with van der Waals surface area (Å²) >= 11 is 0. The number of aliphatic hydroxyl groups excluding tert-OH is 1. The first kappa shape index (κ1) is 17.7. The van der Waals surface area contributed by atoms with Crippen LogP contribution in [-0.2, 0) is 10.2 Å². The summed E-state index contributed by atoms with van der Waals surface area (Å²) in [6.07, 6.45) is 4.62. The van der Waals surface area contributed by atoms with E-state index < -0.39 is 11.5 Å². The minimum absolute atomic E-state index is 0.0456. The van der Waals surface area contributed by atoms with E-state index in [-0.39, 0.29) is 17.8 Å². The van der Waals surface area contributed by atoms with Crippen LogP contribution in [0.1, 0.15) is 56.5 Å². The molecule has 1 fully saturated rings. The van der Waals surface area contributed by atoms with Crippen molar-refractivity contribution in [1.82, 2.24) is 5.32 Å². The molecule has 2 atom stereocenters. The Morgan fingerprint density at radius 3 is 2.56 bits per heavy atom. The molecular weight excluding hydrogens is 321 g/mol. The molecule has 5 heteroatoms. The van der Waals surface area contributed by atoms with Gasteiger partial charge in [-0.2, -0.15) is 0 Å². The smallest absolute Gasteiger partial charge is 0.230 e. The second kappa shape index (κ2) is 7.40. The minimum Gasteiger partial charge on any atom is -0.467 e. The topological polar surface area (TPSA) is 62.5 Å². The van der Waals surface area contributed by atoms with Crippen LogP contribution in [0.25, 0.3) is 0 Å². The molecule has 1 saturated carbocycles. The van der Waals surface area contributed by atoms with Crippen LogP contribution >= 0.6 is 0 Å². The number of benzene rings is 1. The molecule has 0 bridgehead atoms. The maximum absolute atomic E-state index is 13.3. The number of furan rings is 1. The highest BCUT2D eigenvalue weighted by Gasteiger charge is 2.43. The molecule has 4 nitrogen and oxygen atoms in total. The molecule has 1 aromatic carbocycles. The summed E-state index contributed by atoms with van der Waals surface area (Å²) in [6, 6.07) is 9.48. The third kappa shape index (κ3) is 3.76. The van der Waals surface area contributed by atoms with Crippen molar-refractivity contribution < 1.29 is 18.7 Å². The second-order valence-corrected chi connectivity index (χ2v) is 6.94. The lowest BCUT2D eigenvalue weighted by Gasteiger charge is -2.30. The number of aliphatic hydroxyl groups is 1. The van der Waals surface area contributed by atoms with Crippen molar-refractivity contribution >= 4 is 5.91 Å². The molecule has 2 unspecified atom stereocenters. The van der Waals surface area contributed by atoms with Gasteiger partial charge in [-0.25, -0.2) is 4.39 Å². The fourth-order valence-electron chi connectivity index (χ4n) is 3.75. The molecule has 134 valence electrons. The molecule has 2 N–H and O–H groups in total. The first-order valence-electron chi connectivity index (χ1n) is 8.80. The number of amides is 1. The molecule has 25 heavy (non-hydrogen) atoms. The van der Waals surface area contributed by atoms with Crippen LogP contribution in [0, 0.1) is 5.82 Å². The van der Waals surface area contributed by atoms with Gasteiger partial charge in [0, 0.05) is 12.5 Å². The van der Waals surface area contributed by atoms with Gasteiger partial charge in [0.25, 0.3) is 0 Å². The van der Waals surface area contributed by atoms with Crippen molar-refractivity contribution in [1.29, 1.82) is 0 Å². The molecule has 1 aliphatic rings. The number of carbonyl (C=O) groups is 1. The first-order valence-corrected chi connectivity index (χ1v) is 8.80. The van der Waals surface area contributed by atoms with Gasteiger partial charge in [-0.3, -0.25) is 4.79 Å². The quantitative estimate of drug-likeness (QED) is 0.836. The Kier molecular flexibility index (Phi) is 5.23. The van der Waals surface area contributed by atoms with Crippen molar-refractivity contribution in [3.63, 3.8) is 0 Å². The van der Waals surface area contributed by atoms with E-state index in [4.69, 9.17) is 4.42 Å². The third-order valence-electron chi connectivity index (χ3n) is 5.11. The second-order valence-electron chi connectivity index (χ2n) is 6.94. The van der Waals surface area contributed by atoms with E-state index in [9.17, 15) is 14.3 Å². The lowest BCUT2D eigenvalue weighted by atomic mass is 9.77. The van der Waals surface area contributed by atoms with Gasteiger partial charge in [0.2, 0.25) is 5.91 Å². The summed E-state index contributed by atoms with van der Waals surface area (Å²) in [5, 5.41) is 13.2. The predicted octanol–water partition coefficient (Wildman–Crippen LogP) is 3.86. The summed E-state index contributed by atoms with van der Waals surface area (Å²) in [6.45, 7) is 1.87. The van der Waals surface area contributed by atoms with Crippen LogP contribution in [0.15, 0.2) is 47.1 Å². The van der Waals surface area contributed by atoms with Crippen molar-refractivity contribution in [2.24, 2.45) is 0 Å². The number of halogens is 1.